The van der Waals surface area contributed by atoms with Crippen LogP contribution in [-0.4, -0.2) is 45.6 Å². The standard InChI is InChI=1S/C14H20BrN5/c1-10-18-14-13(5-12(15)6-17-14)20(10)9-11-7-19(8-11)4-2-3-16/h5-6,11H,2-4,7-9,16H2,1H3. The molecule has 0 spiro atoms. The van der Waals surface area contributed by atoms with Gasteiger partial charge in [-0.3, -0.25) is 0 Å². The van der Waals surface area contributed by atoms with Gasteiger partial charge >= 0.3 is 0 Å². The van der Waals surface area contributed by atoms with Gasteiger partial charge in [0, 0.05) is 36.2 Å². The molecule has 0 bridgehead atoms. The Morgan fingerprint density at radius 2 is 2.25 bits per heavy atom. The number of fused-ring (bicyclic) bond motifs is 1. The number of halogens is 1. The Kier molecular flexibility index (Phi) is 4.05. The van der Waals surface area contributed by atoms with Gasteiger partial charge < -0.3 is 15.2 Å². The minimum atomic E-state index is 0.711. The van der Waals surface area contributed by atoms with Crippen molar-refractivity contribution >= 4 is 27.1 Å². The molecule has 0 aromatic carbocycles. The summed E-state index contributed by atoms with van der Waals surface area (Å²) in [5.41, 5.74) is 7.51. The molecule has 5 nitrogen and oxygen atoms in total. The Hall–Kier alpha value is -0.980. The van der Waals surface area contributed by atoms with Gasteiger partial charge in [-0.05, 0) is 48.4 Å². The number of nitrogens with two attached hydrogens (primary N) is 1. The molecule has 20 heavy (non-hydrogen) atoms. The van der Waals surface area contributed by atoms with Crippen LogP contribution in [0.2, 0.25) is 0 Å². The number of nitrogens with zero attached hydrogens (tertiary/aromatic N) is 4. The molecule has 1 aliphatic rings. The van der Waals surface area contributed by atoms with E-state index in [1.807, 2.05) is 0 Å². The summed E-state index contributed by atoms with van der Waals surface area (Å²) >= 11 is 3.49. The summed E-state index contributed by atoms with van der Waals surface area (Å²) in [6.07, 6.45) is 2.90. The molecule has 3 heterocycles. The van der Waals surface area contributed by atoms with E-state index in [9.17, 15) is 0 Å². The van der Waals surface area contributed by atoms with E-state index < -0.39 is 0 Å². The van der Waals surface area contributed by atoms with Crippen LogP contribution in [0.3, 0.4) is 0 Å². The number of imidazole rings is 1. The summed E-state index contributed by atoms with van der Waals surface area (Å²) in [4.78, 5) is 11.4. The quantitative estimate of drug-likeness (QED) is 0.903. The first-order valence-corrected chi connectivity index (χ1v) is 7.87. The number of aryl methyl sites for hydroxylation is 1. The smallest absolute Gasteiger partial charge is 0.177 e. The van der Waals surface area contributed by atoms with E-state index in [1.165, 1.54) is 13.1 Å². The Labute approximate surface area is 127 Å². The molecule has 3 rings (SSSR count). The SMILES string of the molecule is Cc1nc2ncc(Br)cc2n1CC1CN(CCCN)C1. The third kappa shape index (κ3) is 2.73. The van der Waals surface area contributed by atoms with Crippen molar-refractivity contribution in [1.82, 2.24) is 19.4 Å². The highest BCUT2D eigenvalue weighted by Gasteiger charge is 2.27. The highest BCUT2D eigenvalue weighted by atomic mass is 79.9. The average molecular weight is 338 g/mol. The van der Waals surface area contributed by atoms with E-state index in [0.29, 0.717) is 5.92 Å². The lowest BCUT2D eigenvalue weighted by Gasteiger charge is -2.39. The van der Waals surface area contributed by atoms with Crippen LogP contribution >= 0.6 is 15.9 Å². The van der Waals surface area contributed by atoms with Gasteiger partial charge in [0.05, 0.1) is 5.52 Å². The predicted molar refractivity (Wildman–Crippen MR) is 83.6 cm³/mol. The fourth-order valence-corrected chi connectivity index (χ4v) is 3.19. The van der Waals surface area contributed by atoms with Crippen molar-refractivity contribution in [3.8, 4) is 0 Å². The second-order valence-corrected chi connectivity index (χ2v) is 6.45. The summed E-state index contributed by atoms with van der Waals surface area (Å²) in [5.74, 6) is 1.76. The van der Waals surface area contributed by atoms with Crippen molar-refractivity contribution < 1.29 is 0 Å². The molecule has 1 fully saturated rings. The average Bonchev–Trinajstić information content (AvgIpc) is 2.68. The normalized spacial score (nSPS) is 16.8. The van der Waals surface area contributed by atoms with Crippen LogP contribution in [0.25, 0.3) is 11.2 Å². The van der Waals surface area contributed by atoms with Crippen LogP contribution in [0.4, 0.5) is 0 Å². The van der Waals surface area contributed by atoms with E-state index in [2.05, 4.69) is 48.4 Å². The molecule has 1 saturated heterocycles. The zero-order valence-electron chi connectivity index (χ0n) is 11.7. The summed E-state index contributed by atoms with van der Waals surface area (Å²) in [5, 5.41) is 0. The molecular weight excluding hydrogens is 318 g/mol. The van der Waals surface area contributed by atoms with Crippen molar-refractivity contribution in [2.45, 2.75) is 19.9 Å². The first kappa shape index (κ1) is 14.0. The molecule has 2 N–H and O–H groups in total. The van der Waals surface area contributed by atoms with E-state index in [1.54, 1.807) is 6.20 Å². The minimum absolute atomic E-state index is 0.711. The lowest BCUT2D eigenvalue weighted by molar-refractivity contribution is 0.0880. The summed E-state index contributed by atoms with van der Waals surface area (Å²) in [7, 11) is 0. The lowest BCUT2D eigenvalue weighted by Crippen LogP contribution is -2.48. The van der Waals surface area contributed by atoms with Gasteiger partial charge in [0.2, 0.25) is 0 Å². The molecule has 6 heteroatoms. The molecule has 0 atom stereocenters. The van der Waals surface area contributed by atoms with Gasteiger partial charge in [-0.15, -0.1) is 0 Å². The van der Waals surface area contributed by atoms with Crippen molar-refractivity contribution in [3.05, 3.63) is 22.6 Å². The third-order valence-corrected chi connectivity index (χ3v) is 4.35. The maximum atomic E-state index is 5.55. The molecule has 0 radical (unpaired) electrons. The predicted octanol–water partition coefficient (Wildman–Crippen LogP) is 1.78. The summed E-state index contributed by atoms with van der Waals surface area (Å²) in [6, 6.07) is 2.10. The number of likely N-dealkylation sites (tertiary alicyclic amines) is 1. The number of pyridine rings is 1. The maximum absolute atomic E-state index is 5.55. The number of rotatable bonds is 5. The summed E-state index contributed by atoms with van der Waals surface area (Å²) < 4.78 is 3.29. The van der Waals surface area contributed by atoms with Crippen LogP contribution in [0.15, 0.2) is 16.7 Å². The third-order valence-electron chi connectivity index (χ3n) is 3.92. The van der Waals surface area contributed by atoms with Crippen molar-refractivity contribution in [1.29, 1.82) is 0 Å². The Bertz CT molecular complexity index is 603. The molecule has 0 amide bonds. The van der Waals surface area contributed by atoms with Gasteiger partial charge in [-0.1, -0.05) is 0 Å². The van der Waals surface area contributed by atoms with Gasteiger partial charge in [-0.2, -0.15) is 0 Å². The fraction of sp³-hybridized carbons (Fsp3) is 0.571. The highest BCUT2D eigenvalue weighted by molar-refractivity contribution is 9.10. The molecule has 2 aromatic heterocycles. The largest absolute Gasteiger partial charge is 0.330 e. The second-order valence-electron chi connectivity index (χ2n) is 5.53. The number of hydrogen-bond acceptors (Lipinski definition) is 4. The lowest BCUT2D eigenvalue weighted by atomic mass is 9.99. The first-order valence-electron chi connectivity index (χ1n) is 7.08. The van der Waals surface area contributed by atoms with Gasteiger partial charge in [0.25, 0.3) is 0 Å². The summed E-state index contributed by atoms with van der Waals surface area (Å²) in [6.45, 7) is 7.33. The number of hydrogen-bond donors (Lipinski definition) is 1. The first-order chi connectivity index (χ1) is 9.67. The van der Waals surface area contributed by atoms with Crippen molar-refractivity contribution in [2.24, 2.45) is 11.7 Å². The van der Waals surface area contributed by atoms with Gasteiger partial charge in [0.15, 0.2) is 5.65 Å². The topological polar surface area (TPSA) is 60.0 Å². The molecule has 0 saturated carbocycles. The van der Waals surface area contributed by atoms with Crippen LogP contribution in [0.5, 0.6) is 0 Å². The highest BCUT2D eigenvalue weighted by Crippen LogP contribution is 2.23. The number of aromatic nitrogens is 3. The van der Waals surface area contributed by atoms with Crippen LogP contribution in [-0.2, 0) is 6.54 Å². The molecule has 0 aliphatic carbocycles. The Morgan fingerprint density at radius 1 is 1.45 bits per heavy atom. The van der Waals surface area contributed by atoms with Crippen LogP contribution < -0.4 is 5.73 Å². The Morgan fingerprint density at radius 3 is 3.00 bits per heavy atom. The molecule has 1 aliphatic heterocycles. The van der Waals surface area contributed by atoms with E-state index in [4.69, 9.17) is 5.73 Å². The van der Waals surface area contributed by atoms with Crippen molar-refractivity contribution in [2.75, 3.05) is 26.2 Å². The molecule has 0 unspecified atom stereocenters. The van der Waals surface area contributed by atoms with Gasteiger partial charge in [0.1, 0.15) is 5.82 Å². The molecule has 2 aromatic rings. The van der Waals surface area contributed by atoms with Crippen LogP contribution in [0, 0.1) is 12.8 Å². The van der Waals surface area contributed by atoms with Crippen LogP contribution in [0.1, 0.15) is 12.2 Å². The Balaban J connectivity index is 1.69. The molecule has 108 valence electrons. The van der Waals surface area contributed by atoms with E-state index >= 15 is 0 Å². The van der Waals surface area contributed by atoms with E-state index in [0.717, 1.165) is 47.5 Å². The fourth-order valence-electron chi connectivity index (χ4n) is 2.87. The minimum Gasteiger partial charge on any atom is -0.330 e. The molecular formula is C14H20BrN5. The second kappa shape index (κ2) is 5.79. The van der Waals surface area contributed by atoms with E-state index in [-0.39, 0.29) is 0 Å². The van der Waals surface area contributed by atoms with Gasteiger partial charge in [-0.25, -0.2) is 9.97 Å². The zero-order chi connectivity index (χ0) is 14.1. The monoisotopic (exact) mass is 337 g/mol. The van der Waals surface area contributed by atoms with Crippen molar-refractivity contribution in [3.63, 3.8) is 0 Å². The maximum Gasteiger partial charge on any atom is 0.177 e. The zero-order valence-corrected chi connectivity index (χ0v) is 13.3.